The number of hydrogen-bond donors (Lipinski definition) is 7. The summed E-state index contributed by atoms with van der Waals surface area (Å²) in [6.07, 6.45) is 2.49. The van der Waals surface area contributed by atoms with Crippen LogP contribution in [0.2, 0.25) is 0 Å². The topological polar surface area (TPSA) is 217 Å². The molecule has 12 nitrogen and oxygen atoms in total. The van der Waals surface area contributed by atoms with E-state index in [4.69, 9.17) is 11.5 Å². The number of carbonyl (C=O) groups excluding carboxylic acids is 4. The molecule has 0 saturated carbocycles. The molecular weight excluding hydrogens is 515 g/mol. The van der Waals surface area contributed by atoms with Crippen LogP contribution in [0.4, 0.5) is 10.1 Å². The largest absolute Gasteiger partial charge is 0.510 e. The summed E-state index contributed by atoms with van der Waals surface area (Å²) in [4.78, 5) is 53.0. The fraction of sp³-hybridized carbons (Fsp3) is 0.462. The molecule has 3 aliphatic carbocycles. The first-order valence-electron chi connectivity index (χ1n) is 12.7. The average molecular weight is 545 g/mol. The van der Waals surface area contributed by atoms with E-state index in [1.807, 2.05) is 4.90 Å². The minimum Gasteiger partial charge on any atom is -0.510 e. The Balaban J connectivity index is 1.53. The lowest BCUT2D eigenvalue weighted by Crippen LogP contribution is -2.63. The number of amides is 2. The minimum absolute atomic E-state index is 0.0133. The number of nitrogens with one attached hydrogen (secondary N) is 1. The molecule has 13 heteroatoms. The number of nitrogens with zero attached hydrogens (tertiary/aromatic N) is 1. The van der Waals surface area contributed by atoms with Crippen molar-refractivity contribution in [2.24, 2.45) is 23.3 Å². The number of rotatable bonds is 4. The molecule has 1 aliphatic heterocycles. The van der Waals surface area contributed by atoms with Crippen molar-refractivity contribution in [1.29, 1.82) is 0 Å². The van der Waals surface area contributed by atoms with E-state index in [2.05, 4.69) is 5.32 Å². The molecule has 4 atom stereocenters. The van der Waals surface area contributed by atoms with E-state index >= 15 is 4.39 Å². The number of aromatic hydroxyl groups is 1. The number of ketones is 2. The van der Waals surface area contributed by atoms with Gasteiger partial charge in [0.25, 0.3) is 5.91 Å². The molecule has 208 valence electrons. The Labute approximate surface area is 221 Å². The summed E-state index contributed by atoms with van der Waals surface area (Å²) >= 11 is 0. The Kier molecular flexibility index (Phi) is 6.48. The summed E-state index contributed by atoms with van der Waals surface area (Å²) in [7, 11) is 0. The average Bonchev–Trinajstić information content (AvgIpc) is 2.88. The third kappa shape index (κ3) is 3.99. The van der Waals surface area contributed by atoms with Crippen LogP contribution in [-0.2, 0) is 20.8 Å². The van der Waals surface area contributed by atoms with Crippen molar-refractivity contribution in [2.75, 3.05) is 25.0 Å². The van der Waals surface area contributed by atoms with Crippen molar-refractivity contribution in [3.63, 3.8) is 0 Å². The summed E-state index contributed by atoms with van der Waals surface area (Å²) < 4.78 is 15.3. The molecule has 1 aromatic carbocycles. The second kappa shape index (κ2) is 9.43. The zero-order valence-corrected chi connectivity index (χ0v) is 20.9. The number of phenols is 1. The number of hydrogen-bond acceptors (Lipinski definition) is 10. The number of likely N-dealkylation sites (tertiary alicyclic amines) is 1. The molecule has 1 fully saturated rings. The van der Waals surface area contributed by atoms with Crippen molar-refractivity contribution < 1.29 is 44.0 Å². The molecule has 39 heavy (non-hydrogen) atoms. The number of fused-ring (bicyclic) bond motifs is 3. The van der Waals surface area contributed by atoms with Crippen LogP contribution in [0, 0.1) is 17.7 Å². The monoisotopic (exact) mass is 544 g/mol. The van der Waals surface area contributed by atoms with Crippen LogP contribution in [0.25, 0.3) is 0 Å². The zero-order chi connectivity index (χ0) is 28.4. The molecule has 0 unspecified atom stereocenters. The standard InChI is InChI=1S/C26H29FN4O8/c27-13-8-14(30-15(32)9-31-4-2-1-3-5-31)20(33)17-11(13)6-10-7-12-19(28)22(35)18(25(29)38)24(37)26(12,39)23(36)16(10)21(17)34/h8,10,12,19,33,35-36,39H,1-7,9,28H2,(H2,29,38)(H,30,32)/t10-,12-,19-,26-/m0/s1. The number of carbonyl (C=O) groups is 4. The van der Waals surface area contributed by atoms with Crippen LogP contribution in [0.1, 0.15) is 41.6 Å². The van der Waals surface area contributed by atoms with Crippen LogP contribution in [0.3, 0.4) is 0 Å². The maximum absolute atomic E-state index is 15.3. The molecular formula is C26H29FN4O8. The van der Waals surface area contributed by atoms with Crippen LogP contribution < -0.4 is 16.8 Å². The predicted octanol–water partition coefficient (Wildman–Crippen LogP) is 0.0812. The van der Waals surface area contributed by atoms with Crippen molar-refractivity contribution in [2.45, 2.75) is 43.7 Å². The third-order valence-electron chi connectivity index (χ3n) is 8.29. The Morgan fingerprint density at radius 3 is 2.46 bits per heavy atom. The third-order valence-corrected chi connectivity index (χ3v) is 8.29. The Bertz CT molecular complexity index is 1380. The molecule has 0 bridgehead atoms. The van der Waals surface area contributed by atoms with Gasteiger partial charge in [0.05, 0.1) is 23.8 Å². The summed E-state index contributed by atoms with van der Waals surface area (Å²) in [6.45, 7) is 1.46. The van der Waals surface area contributed by atoms with Gasteiger partial charge in [0.15, 0.2) is 17.1 Å². The first kappa shape index (κ1) is 26.8. The highest BCUT2D eigenvalue weighted by Gasteiger charge is 2.62. The number of aliphatic hydroxyl groups excluding tert-OH is 2. The summed E-state index contributed by atoms with van der Waals surface area (Å²) in [6, 6.07) is -0.585. The van der Waals surface area contributed by atoms with E-state index in [9.17, 15) is 39.6 Å². The number of primary amides is 1. The SMILES string of the molecule is NC(=O)C1=C(O)[C@@H](N)[C@@H]2C[C@@H]3Cc4c(F)cc(NC(=O)CN5CCCCC5)c(O)c4C(=O)C3=C(O)[C@]2(O)C1=O. The Morgan fingerprint density at radius 1 is 1.15 bits per heavy atom. The summed E-state index contributed by atoms with van der Waals surface area (Å²) in [5, 5.41) is 46.2. The number of anilines is 1. The number of nitrogens with two attached hydrogens (primary N) is 2. The second-order valence-corrected chi connectivity index (χ2v) is 10.6. The number of Topliss-reactive ketones (excluding diaryl/α,β-unsaturated/α-hetero) is 2. The molecule has 4 aliphatic rings. The molecule has 2 amide bonds. The molecule has 1 aromatic rings. The normalized spacial score (nSPS) is 29.1. The lowest BCUT2D eigenvalue weighted by molar-refractivity contribution is -0.145. The molecule has 5 rings (SSSR count). The van der Waals surface area contributed by atoms with Crippen molar-refractivity contribution in [3.05, 3.63) is 45.7 Å². The van der Waals surface area contributed by atoms with Gasteiger partial charge in [-0.3, -0.25) is 24.1 Å². The predicted molar refractivity (Wildman–Crippen MR) is 133 cm³/mol. The number of allylic oxidation sites excluding steroid dienone is 1. The van der Waals surface area contributed by atoms with E-state index < -0.39 is 86.7 Å². The molecule has 1 saturated heterocycles. The van der Waals surface area contributed by atoms with Gasteiger partial charge in [0, 0.05) is 23.1 Å². The molecule has 9 N–H and O–H groups in total. The maximum atomic E-state index is 15.3. The fourth-order valence-electron chi connectivity index (χ4n) is 6.34. The van der Waals surface area contributed by atoms with Crippen molar-refractivity contribution in [3.8, 4) is 5.75 Å². The number of benzene rings is 1. The Hall–Kier alpha value is -3.81. The lowest BCUT2D eigenvalue weighted by atomic mass is 9.59. The summed E-state index contributed by atoms with van der Waals surface area (Å²) in [5.74, 6) is -10.2. The highest BCUT2D eigenvalue weighted by Crippen LogP contribution is 2.52. The highest BCUT2D eigenvalue weighted by atomic mass is 19.1. The minimum atomic E-state index is -2.86. The van der Waals surface area contributed by atoms with Gasteiger partial charge in [-0.2, -0.15) is 0 Å². The first-order valence-corrected chi connectivity index (χ1v) is 12.7. The van der Waals surface area contributed by atoms with Gasteiger partial charge in [0.1, 0.15) is 22.9 Å². The first-order chi connectivity index (χ1) is 18.4. The number of halogens is 1. The number of aliphatic hydroxyl groups is 3. The van der Waals surface area contributed by atoms with Gasteiger partial charge in [-0.25, -0.2) is 4.39 Å². The number of phenolic OH excluding ortho intramolecular Hbond substituents is 1. The van der Waals surface area contributed by atoms with Gasteiger partial charge in [0.2, 0.25) is 11.7 Å². The smallest absolute Gasteiger partial charge is 0.255 e. The van der Waals surface area contributed by atoms with Gasteiger partial charge < -0.3 is 37.2 Å². The van der Waals surface area contributed by atoms with Crippen LogP contribution in [-0.4, -0.2) is 80.0 Å². The lowest BCUT2D eigenvalue weighted by Gasteiger charge is -2.47. The van der Waals surface area contributed by atoms with Gasteiger partial charge in [-0.05, 0) is 44.7 Å². The molecule has 0 spiro atoms. The van der Waals surface area contributed by atoms with Gasteiger partial charge in [-0.15, -0.1) is 0 Å². The molecule has 1 heterocycles. The van der Waals surface area contributed by atoms with Crippen LogP contribution in [0.5, 0.6) is 5.75 Å². The number of piperidine rings is 1. The van der Waals surface area contributed by atoms with Crippen molar-refractivity contribution >= 4 is 29.1 Å². The Morgan fingerprint density at radius 2 is 1.82 bits per heavy atom. The maximum Gasteiger partial charge on any atom is 0.255 e. The van der Waals surface area contributed by atoms with E-state index in [0.29, 0.717) is 0 Å². The summed E-state index contributed by atoms with van der Waals surface area (Å²) in [5.41, 5.74) is 5.84. The molecule has 0 radical (unpaired) electrons. The van der Waals surface area contributed by atoms with Crippen LogP contribution in [0.15, 0.2) is 28.7 Å². The quantitative estimate of drug-likeness (QED) is 0.200. The van der Waals surface area contributed by atoms with Gasteiger partial charge >= 0.3 is 0 Å². The highest BCUT2D eigenvalue weighted by molar-refractivity contribution is 6.25. The van der Waals surface area contributed by atoms with E-state index in [0.717, 1.165) is 38.4 Å². The zero-order valence-electron chi connectivity index (χ0n) is 20.9. The fourth-order valence-corrected chi connectivity index (χ4v) is 6.34. The molecule has 0 aromatic heterocycles. The van der Waals surface area contributed by atoms with E-state index in [1.54, 1.807) is 0 Å². The van der Waals surface area contributed by atoms with E-state index in [1.165, 1.54) is 0 Å². The van der Waals surface area contributed by atoms with Crippen LogP contribution >= 0.6 is 0 Å². The second-order valence-electron chi connectivity index (χ2n) is 10.6. The van der Waals surface area contributed by atoms with E-state index in [-0.39, 0.29) is 30.6 Å². The van der Waals surface area contributed by atoms with Gasteiger partial charge in [-0.1, -0.05) is 6.42 Å². The van der Waals surface area contributed by atoms with Crippen molar-refractivity contribution in [1.82, 2.24) is 4.90 Å².